The summed E-state index contributed by atoms with van der Waals surface area (Å²) in [4.78, 5) is 12.3. The van der Waals surface area contributed by atoms with Crippen molar-refractivity contribution < 1.29 is 28.2 Å². The normalized spacial score (nSPS) is 11.4. The number of phenols is 2. The highest BCUT2D eigenvalue weighted by atomic mass is 19.4. The summed E-state index contributed by atoms with van der Waals surface area (Å²) in [5, 5.41) is 24.9. The van der Waals surface area contributed by atoms with E-state index >= 15 is 0 Å². The van der Waals surface area contributed by atoms with Gasteiger partial charge in [-0.15, -0.1) is 0 Å². The number of para-hydroxylation sites is 1. The van der Waals surface area contributed by atoms with Crippen molar-refractivity contribution in [2.45, 2.75) is 12.6 Å². The summed E-state index contributed by atoms with van der Waals surface area (Å²) in [6, 6.07) is 11.9. The predicted molar refractivity (Wildman–Crippen MR) is 94.4 cm³/mol. The topological polar surface area (TPSA) is 87.4 Å². The van der Waals surface area contributed by atoms with Gasteiger partial charge in [-0.25, -0.2) is 4.68 Å². The van der Waals surface area contributed by atoms with Gasteiger partial charge in [0.1, 0.15) is 0 Å². The molecule has 146 valence electrons. The maximum atomic E-state index is 13.6. The minimum Gasteiger partial charge on any atom is -0.504 e. The third-order valence-electron chi connectivity index (χ3n) is 4.02. The quantitative estimate of drug-likeness (QED) is 0.583. The number of hydrogen-bond acceptors (Lipinski definition) is 4. The Kier molecular flexibility index (Phi) is 5.25. The molecule has 0 bridgehead atoms. The Labute approximate surface area is 157 Å². The van der Waals surface area contributed by atoms with Gasteiger partial charge in [0.15, 0.2) is 17.2 Å². The molecule has 0 fully saturated rings. The Balaban J connectivity index is 1.78. The molecule has 6 nitrogen and oxygen atoms in total. The van der Waals surface area contributed by atoms with E-state index in [0.717, 1.165) is 6.20 Å². The second-order valence-corrected chi connectivity index (χ2v) is 5.98. The highest BCUT2D eigenvalue weighted by molar-refractivity contribution is 5.95. The van der Waals surface area contributed by atoms with Crippen molar-refractivity contribution in [2.24, 2.45) is 0 Å². The minimum atomic E-state index is -4.78. The molecule has 0 aliphatic rings. The van der Waals surface area contributed by atoms with Crippen LogP contribution in [0.5, 0.6) is 11.5 Å². The molecule has 0 aliphatic carbocycles. The zero-order valence-electron chi connectivity index (χ0n) is 14.4. The molecular formula is C19H16F3N3O3. The predicted octanol–water partition coefficient (Wildman–Crippen LogP) is 3.27. The van der Waals surface area contributed by atoms with Gasteiger partial charge >= 0.3 is 6.18 Å². The number of alkyl halides is 3. The van der Waals surface area contributed by atoms with Gasteiger partial charge in [-0.05, 0) is 36.2 Å². The second kappa shape index (κ2) is 7.63. The Morgan fingerprint density at radius 3 is 2.43 bits per heavy atom. The van der Waals surface area contributed by atoms with Crippen LogP contribution in [0.2, 0.25) is 0 Å². The number of hydrogen-bond donors (Lipinski definition) is 3. The van der Waals surface area contributed by atoms with Crippen LogP contribution >= 0.6 is 0 Å². The molecule has 3 rings (SSSR count). The molecule has 1 aromatic heterocycles. The summed E-state index contributed by atoms with van der Waals surface area (Å²) in [7, 11) is 0. The van der Waals surface area contributed by atoms with Crippen molar-refractivity contribution in [3.63, 3.8) is 0 Å². The molecule has 0 unspecified atom stereocenters. The third kappa shape index (κ3) is 4.08. The molecule has 3 N–H and O–H groups in total. The van der Waals surface area contributed by atoms with Gasteiger partial charge in [-0.2, -0.15) is 18.3 Å². The van der Waals surface area contributed by atoms with Gasteiger partial charge in [-0.1, -0.05) is 24.3 Å². The minimum absolute atomic E-state index is 0.0386. The lowest BCUT2D eigenvalue weighted by Crippen LogP contribution is -2.28. The van der Waals surface area contributed by atoms with E-state index in [1.54, 1.807) is 18.2 Å². The van der Waals surface area contributed by atoms with Gasteiger partial charge in [-0.3, -0.25) is 4.79 Å². The Hall–Kier alpha value is -3.49. The van der Waals surface area contributed by atoms with Crippen molar-refractivity contribution in [1.82, 2.24) is 15.1 Å². The number of aromatic hydroxyl groups is 2. The molecule has 1 heterocycles. The van der Waals surface area contributed by atoms with Crippen LogP contribution < -0.4 is 5.32 Å². The van der Waals surface area contributed by atoms with E-state index in [9.17, 15) is 28.2 Å². The Morgan fingerprint density at radius 1 is 1.07 bits per heavy atom. The SMILES string of the molecule is O=C(NCCc1ccc(O)c(O)c1)c1cnn(-c2ccccc2)c1C(F)(F)F. The Morgan fingerprint density at radius 2 is 1.79 bits per heavy atom. The number of benzene rings is 2. The fourth-order valence-electron chi connectivity index (χ4n) is 2.69. The molecule has 9 heteroatoms. The number of phenolic OH excluding ortho intramolecular Hbond substituents is 2. The summed E-state index contributed by atoms with van der Waals surface area (Å²) in [5.74, 6) is -1.50. The van der Waals surface area contributed by atoms with E-state index in [0.29, 0.717) is 10.2 Å². The molecule has 0 spiro atoms. The number of carbonyl (C=O) groups is 1. The highest BCUT2D eigenvalue weighted by Crippen LogP contribution is 2.33. The summed E-state index contributed by atoms with van der Waals surface area (Å²) in [6.45, 7) is 0.0386. The maximum Gasteiger partial charge on any atom is 0.434 e. The Bertz CT molecular complexity index is 985. The number of nitrogens with zero attached hydrogens (tertiary/aromatic N) is 2. The van der Waals surface area contributed by atoms with Gasteiger partial charge in [0, 0.05) is 6.54 Å². The standard InChI is InChI=1S/C19H16F3N3O3/c20-19(21,22)17-14(11-24-25(17)13-4-2-1-3-5-13)18(28)23-9-8-12-6-7-15(26)16(27)10-12/h1-7,10-11,26-27H,8-9H2,(H,23,28). The lowest BCUT2D eigenvalue weighted by Gasteiger charge is -2.13. The molecule has 0 saturated heterocycles. The molecule has 1 amide bonds. The van der Waals surface area contributed by atoms with Crippen LogP contribution in [0.3, 0.4) is 0 Å². The number of aromatic nitrogens is 2. The van der Waals surface area contributed by atoms with Crippen LogP contribution in [0.25, 0.3) is 5.69 Å². The molecule has 0 atom stereocenters. The van der Waals surface area contributed by atoms with Crippen LogP contribution in [0.4, 0.5) is 13.2 Å². The number of amides is 1. The average Bonchev–Trinajstić information content (AvgIpc) is 3.11. The average molecular weight is 391 g/mol. The maximum absolute atomic E-state index is 13.6. The van der Waals surface area contributed by atoms with E-state index in [1.807, 2.05) is 0 Å². The molecule has 28 heavy (non-hydrogen) atoms. The van der Waals surface area contributed by atoms with E-state index in [-0.39, 0.29) is 30.2 Å². The van der Waals surface area contributed by atoms with E-state index in [4.69, 9.17) is 0 Å². The van der Waals surface area contributed by atoms with Gasteiger partial charge < -0.3 is 15.5 Å². The van der Waals surface area contributed by atoms with Gasteiger partial charge in [0.25, 0.3) is 5.91 Å². The van der Waals surface area contributed by atoms with Crippen molar-refractivity contribution in [2.75, 3.05) is 6.54 Å². The van der Waals surface area contributed by atoms with E-state index in [2.05, 4.69) is 10.4 Å². The summed E-state index contributed by atoms with van der Waals surface area (Å²) < 4.78 is 41.4. The van der Waals surface area contributed by atoms with Crippen molar-refractivity contribution in [3.8, 4) is 17.2 Å². The van der Waals surface area contributed by atoms with Gasteiger partial charge in [0.2, 0.25) is 0 Å². The second-order valence-electron chi connectivity index (χ2n) is 5.98. The first-order valence-electron chi connectivity index (χ1n) is 8.27. The summed E-state index contributed by atoms with van der Waals surface area (Å²) in [6.07, 6.45) is -3.63. The molecule has 2 aromatic carbocycles. The van der Waals surface area contributed by atoms with E-state index in [1.165, 1.54) is 30.3 Å². The van der Waals surface area contributed by atoms with Crippen LogP contribution in [-0.4, -0.2) is 32.4 Å². The highest BCUT2D eigenvalue weighted by Gasteiger charge is 2.40. The number of carbonyl (C=O) groups excluding carboxylic acids is 1. The van der Waals surface area contributed by atoms with Crippen LogP contribution in [-0.2, 0) is 12.6 Å². The zero-order chi connectivity index (χ0) is 20.3. The van der Waals surface area contributed by atoms with Crippen molar-refractivity contribution in [3.05, 3.63) is 71.5 Å². The number of nitrogens with one attached hydrogen (secondary N) is 1. The summed E-state index contributed by atoms with van der Waals surface area (Å²) in [5.41, 5.74) is -0.941. The van der Waals surface area contributed by atoms with Crippen molar-refractivity contribution >= 4 is 5.91 Å². The van der Waals surface area contributed by atoms with Crippen LogP contribution in [0.15, 0.2) is 54.7 Å². The third-order valence-corrected chi connectivity index (χ3v) is 4.02. The fourth-order valence-corrected chi connectivity index (χ4v) is 2.69. The summed E-state index contributed by atoms with van der Waals surface area (Å²) >= 11 is 0. The smallest absolute Gasteiger partial charge is 0.434 e. The van der Waals surface area contributed by atoms with Crippen molar-refractivity contribution in [1.29, 1.82) is 0 Å². The first-order valence-corrected chi connectivity index (χ1v) is 8.27. The first-order chi connectivity index (χ1) is 13.3. The lowest BCUT2D eigenvalue weighted by atomic mass is 10.1. The molecule has 0 radical (unpaired) electrons. The van der Waals surface area contributed by atoms with Crippen LogP contribution in [0, 0.1) is 0 Å². The monoisotopic (exact) mass is 391 g/mol. The number of rotatable bonds is 5. The number of halogens is 3. The first kappa shape index (κ1) is 19.3. The van der Waals surface area contributed by atoms with Crippen LogP contribution in [0.1, 0.15) is 21.6 Å². The molecule has 0 saturated carbocycles. The molecule has 0 aliphatic heterocycles. The molecule has 3 aromatic rings. The zero-order valence-corrected chi connectivity index (χ0v) is 14.4. The lowest BCUT2D eigenvalue weighted by molar-refractivity contribution is -0.143. The van der Waals surface area contributed by atoms with E-state index < -0.39 is 23.3 Å². The fraction of sp³-hybridized carbons (Fsp3) is 0.158. The van der Waals surface area contributed by atoms with Gasteiger partial charge in [0.05, 0.1) is 17.4 Å². The molecular weight excluding hydrogens is 375 g/mol. The largest absolute Gasteiger partial charge is 0.504 e.